The number of aromatic nitrogens is 3. The van der Waals surface area contributed by atoms with Crippen LogP contribution in [0.15, 0.2) is 29.8 Å². The van der Waals surface area contributed by atoms with Gasteiger partial charge in [0.1, 0.15) is 16.3 Å². The van der Waals surface area contributed by atoms with Crippen LogP contribution in [0, 0.1) is 13.8 Å². The van der Waals surface area contributed by atoms with Crippen LogP contribution in [0.2, 0.25) is 0 Å². The van der Waals surface area contributed by atoms with Crippen molar-refractivity contribution in [1.29, 1.82) is 0 Å². The van der Waals surface area contributed by atoms with Crippen molar-refractivity contribution in [1.82, 2.24) is 19.3 Å². The van der Waals surface area contributed by atoms with E-state index in [0.717, 1.165) is 31.8 Å². The van der Waals surface area contributed by atoms with E-state index in [4.69, 9.17) is 4.98 Å². The van der Waals surface area contributed by atoms with Gasteiger partial charge in [0.05, 0.1) is 5.69 Å². The second-order valence-electron chi connectivity index (χ2n) is 6.34. The van der Waals surface area contributed by atoms with Crippen molar-refractivity contribution in [2.24, 2.45) is 0 Å². The van der Waals surface area contributed by atoms with Crippen LogP contribution in [-0.2, 0) is 0 Å². The molecule has 0 atom stereocenters. The molecule has 3 aromatic heterocycles. The molecule has 5 nitrogen and oxygen atoms in total. The fourth-order valence-electron chi connectivity index (χ4n) is 3.53. The maximum Gasteiger partial charge on any atom is 0.272 e. The summed E-state index contributed by atoms with van der Waals surface area (Å²) in [6, 6.07) is 5.47. The first-order chi connectivity index (χ1) is 11.6. The third-order valence-electron chi connectivity index (χ3n) is 4.77. The fraction of sp³-hybridized carbons (Fsp3) is 0.389. The minimum atomic E-state index is 0.0344. The van der Waals surface area contributed by atoms with E-state index in [1.165, 1.54) is 16.2 Å². The average molecular weight is 340 g/mol. The molecule has 4 heterocycles. The zero-order valence-corrected chi connectivity index (χ0v) is 14.7. The van der Waals surface area contributed by atoms with Gasteiger partial charge in [0.2, 0.25) is 0 Å². The number of thiazole rings is 1. The summed E-state index contributed by atoms with van der Waals surface area (Å²) in [4.78, 5) is 24.7. The first kappa shape index (κ1) is 15.3. The maximum absolute atomic E-state index is 12.5. The molecule has 3 aromatic rings. The van der Waals surface area contributed by atoms with Crippen LogP contribution in [0.3, 0.4) is 0 Å². The smallest absolute Gasteiger partial charge is 0.272 e. The van der Waals surface area contributed by atoms with Gasteiger partial charge in [-0.3, -0.25) is 14.2 Å². The summed E-state index contributed by atoms with van der Waals surface area (Å²) < 4.78 is 2.24. The zero-order valence-electron chi connectivity index (χ0n) is 13.9. The van der Waals surface area contributed by atoms with Gasteiger partial charge in [0, 0.05) is 36.3 Å². The largest absolute Gasteiger partial charge is 0.337 e. The lowest BCUT2D eigenvalue weighted by Crippen LogP contribution is -2.38. The van der Waals surface area contributed by atoms with E-state index in [0.29, 0.717) is 11.6 Å². The number of imidazole rings is 1. The number of hydrogen-bond donors (Lipinski definition) is 0. The van der Waals surface area contributed by atoms with E-state index >= 15 is 0 Å². The normalized spacial score (nSPS) is 16.0. The van der Waals surface area contributed by atoms with E-state index in [9.17, 15) is 4.79 Å². The monoisotopic (exact) mass is 340 g/mol. The lowest BCUT2D eigenvalue weighted by Gasteiger charge is -2.31. The van der Waals surface area contributed by atoms with E-state index < -0.39 is 0 Å². The summed E-state index contributed by atoms with van der Waals surface area (Å²) >= 11 is 1.77. The summed E-state index contributed by atoms with van der Waals surface area (Å²) in [7, 11) is 0. The number of rotatable bonds is 2. The second-order valence-corrected chi connectivity index (χ2v) is 7.20. The van der Waals surface area contributed by atoms with Gasteiger partial charge in [-0.05, 0) is 38.8 Å². The molecular weight excluding hydrogens is 320 g/mol. The van der Waals surface area contributed by atoms with Gasteiger partial charge in [-0.1, -0.05) is 6.07 Å². The highest BCUT2D eigenvalue weighted by atomic mass is 32.1. The van der Waals surface area contributed by atoms with Gasteiger partial charge in [0.25, 0.3) is 5.91 Å². The Bertz CT molecular complexity index is 875. The molecule has 0 unspecified atom stereocenters. The Kier molecular flexibility index (Phi) is 3.84. The van der Waals surface area contributed by atoms with Crippen molar-refractivity contribution in [2.45, 2.75) is 32.6 Å². The predicted octanol–water partition coefficient (Wildman–Crippen LogP) is 3.43. The molecule has 0 saturated carbocycles. The number of pyridine rings is 1. The van der Waals surface area contributed by atoms with Crippen LogP contribution in [0.4, 0.5) is 0 Å². The zero-order chi connectivity index (χ0) is 16.7. The van der Waals surface area contributed by atoms with Crippen molar-refractivity contribution in [3.63, 3.8) is 0 Å². The number of fused-ring (bicyclic) bond motifs is 1. The molecule has 0 spiro atoms. The average Bonchev–Trinajstić information content (AvgIpc) is 3.16. The molecule has 6 heteroatoms. The SMILES string of the molecule is Cc1csc2c(C3CCN(C(=O)c4ccccn4)CC3)nc(C)n12. The number of nitrogens with zero attached hydrogens (tertiary/aromatic N) is 4. The number of aryl methyl sites for hydroxylation is 2. The first-order valence-corrected chi connectivity index (χ1v) is 9.16. The summed E-state index contributed by atoms with van der Waals surface area (Å²) in [5, 5.41) is 2.19. The lowest BCUT2D eigenvalue weighted by molar-refractivity contribution is 0.0706. The van der Waals surface area contributed by atoms with Crippen molar-refractivity contribution >= 4 is 22.1 Å². The van der Waals surface area contributed by atoms with Crippen LogP contribution in [0.5, 0.6) is 0 Å². The van der Waals surface area contributed by atoms with Crippen molar-refractivity contribution in [3.8, 4) is 0 Å². The van der Waals surface area contributed by atoms with Crippen molar-refractivity contribution in [2.75, 3.05) is 13.1 Å². The maximum atomic E-state index is 12.5. The predicted molar refractivity (Wildman–Crippen MR) is 94.7 cm³/mol. The fourth-order valence-corrected chi connectivity index (χ4v) is 4.63. The number of amides is 1. The molecule has 0 N–H and O–H groups in total. The third-order valence-corrected chi connectivity index (χ3v) is 5.85. The van der Waals surface area contributed by atoms with Gasteiger partial charge in [-0.2, -0.15) is 0 Å². The molecule has 24 heavy (non-hydrogen) atoms. The second kappa shape index (κ2) is 6.02. The van der Waals surface area contributed by atoms with Gasteiger partial charge < -0.3 is 4.90 Å². The van der Waals surface area contributed by atoms with Crippen LogP contribution >= 0.6 is 11.3 Å². The molecule has 0 radical (unpaired) electrons. The first-order valence-electron chi connectivity index (χ1n) is 8.28. The summed E-state index contributed by atoms with van der Waals surface area (Å²) in [5.41, 5.74) is 2.98. The molecule has 4 rings (SSSR count). The Labute approximate surface area is 145 Å². The van der Waals surface area contributed by atoms with E-state index in [1.54, 1.807) is 23.6 Å². The molecular formula is C18H20N4OS. The molecule has 124 valence electrons. The van der Waals surface area contributed by atoms with Crippen LogP contribution in [0.1, 0.15) is 46.5 Å². The molecule has 1 saturated heterocycles. The molecule has 0 bridgehead atoms. The van der Waals surface area contributed by atoms with Crippen molar-refractivity contribution in [3.05, 3.63) is 52.7 Å². The summed E-state index contributed by atoms with van der Waals surface area (Å²) in [6.07, 6.45) is 3.59. The topological polar surface area (TPSA) is 50.5 Å². The Morgan fingerprint density at radius 2 is 2.04 bits per heavy atom. The van der Waals surface area contributed by atoms with E-state index in [-0.39, 0.29) is 5.91 Å². The van der Waals surface area contributed by atoms with E-state index in [2.05, 4.69) is 28.6 Å². The Balaban J connectivity index is 1.51. The molecule has 1 aliphatic heterocycles. The Morgan fingerprint density at radius 1 is 1.25 bits per heavy atom. The number of carbonyl (C=O) groups excluding carboxylic acids is 1. The highest BCUT2D eigenvalue weighted by Crippen LogP contribution is 2.34. The van der Waals surface area contributed by atoms with Gasteiger partial charge in [-0.25, -0.2) is 4.98 Å². The highest BCUT2D eigenvalue weighted by molar-refractivity contribution is 7.15. The molecule has 1 aliphatic rings. The summed E-state index contributed by atoms with van der Waals surface area (Å²) in [5.74, 6) is 1.53. The van der Waals surface area contributed by atoms with E-state index in [1.807, 2.05) is 17.0 Å². The third kappa shape index (κ3) is 2.51. The molecule has 1 amide bonds. The molecule has 1 fully saturated rings. The van der Waals surface area contributed by atoms with Crippen LogP contribution < -0.4 is 0 Å². The Morgan fingerprint density at radius 3 is 2.75 bits per heavy atom. The standard InChI is InChI=1S/C18H20N4OS/c1-12-11-24-18-16(20-13(2)22(12)18)14-6-9-21(10-7-14)17(23)15-5-3-4-8-19-15/h3-5,8,11,14H,6-7,9-10H2,1-2H3. The number of carbonyl (C=O) groups is 1. The van der Waals surface area contributed by atoms with Gasteiger partial charge >= 0.3 is 0 Å². The lowest BCUT2D eigenvalue weighted by atomic mass is 9.94. The number of likely N-dealkylation sites (tertiary alicyclic amines) is 1. The van der Waals surface area contributed by atoms with Crippen molar-refractivity contribution < 1.29 is 4.79 Å². The Hall–Kier alpha value is -2.21. The summed E-state index contributed by atoms with van der Waals surface area (Å²) in [6.45, 7) is 5.72. The quantitative estimate of drug-likeness (QED) is 0.718. The van der Waals surface area contributed by atoms with Crippen LogP contribution in [-0.4, -0.2) is 38.3 Å². The highest BCUT2D eigenvalue weighted by Gasteiger charge is 2.28. The number of hydrogen-bond acceptors (Lipinski definition) is 4. The minimum Gasteiger partial charge on any atom is -0.337 e. The molecule has 0 aromatic carbocycles. The molecule has 0 aliphatic carbocycles. The van der Waals surface area contributed by atoms with Gasteiger partial charge in [0.15, 0.2) is 0 Å². The van der Waals surface area contributed by atoms with Crippen LogP contribution in [0.25, 0.3) is 4.83 Å². The number of piperidine rings is 1. The van der Waals surface area contributed by atoms with Gasteiger partial charge in [-0.15, -0.1) is 11.3 Å². The minimum absolute atomic E-state index is 0.0344.